The van der Waals surface area contributed by atoms with Crippen molar-refractivity contribution in [1.29, 1.82) is 0 Å². The van der Waals surface area contributed by atoms with Crippen molar-refractivity contribution in [3.05, 3.63) is 65.7 Å². The third kappa shape index (κ3) is 4.04. The molecule has 1 nitrogen and oxygen atoms in total. The molecule has 0 bridgehead atoms. The lowest BCUT2D eigenvalue weighted by Crippen LogP contribution is -2.11. The van der Waals surface area contributed by atoms with E-state index in [0.717, 1.165) is 11.3 Å². The largest absolute Gasteiger partial charge is 0.254 e. The Hall–Kier alpha value is -1.41. The van der Waals surface area contributed by atoms with E-state index < -0.39 is 10.8 Å². The second-order valence-electron chi connectivity index (χ2n) is 6.06. The Morgan fingerprint density at radius 2 is 1.50 bits per heavy atom. The SMILES string of the molecule is CC(C)(C)c1ccc(CCS(=O)c2ccccc2)cc1. The normalized spacial score (nSPS) is 13.2. The molecule has 0 N–H and O–H groups in total. The lowest BCUT2D eigenvalue weighted by atomic mass is 9.86. The van der Waals surface area contributed by atoms with Gasteiger partial charge in [0.05, 0.1) is 10.8 Å². The van der Waals surface area contributed by atoms with Gasteiger partial charge in [-0.05, 0) is 35.1 Å². The molecule has 0 aromatic heterocycles. The van der Waals surface area contributed by atoms with Gasteiger partial charge < -0.3 is 0 Å². The van der Waals surface area contributed by atoms with Crippen LogP contribution in [0.15, 0.2) is 59.5 Å². The van der Waals surface area contributed by atoms with Crippen molar-refractivity contribution in [1.82, 2.24) is 0 Å². The first-order chi connectivity index (χ1) is 9.47. The Morgan fingerprint density at radius 3 is 2.05 bits per heavy atom. The number of hydrogen-bond donors (Lipinski definition) is 0. The first-order valence-corrected chi connectivity index (χ1v) is 8.31. The number of aryl methyl sites for hydroxylation is 1. The van der Waals surface area contributed by atoms with Crippen LogP contribution in [0.1, 0.15) is 31.9 Å². The van der Waals surface area contributed by atoms with Crippen molar-refractivity contribution in [3.8, 4) is 0 Å². The summed E-state index contributed by atoms with van der Waals surface area (Å²) in [5.74, 6) is 0.679. The Kier molecular flexibility index (Phi) is 4.77. The smallest absolute Gasteiger partial charge is 0.0532 e. The molecule has 0 spiro atoms. The maximum atomic E-state index is 12.2. The van der Waals surface area contributed by atoms with E-state index in [1.807, 2.05) is 30.3 Å². The van der Waals surface area contributed by atoms with E-state index in [-0.39, 0.29) is 5.41 Å². The first-order valence-electron chi connectivity index (χ1n) is 7.00. The third-order valence-corrected chi connectivity index (χ3v) is 4.78. The summed E-state index contributed by atoms with van der Waals surface area (Å²) >= 11 is 0. The molecule has 0 heterocycles. The summed E-state index contributed by atoms with van der Waals surface area (Å²) in [6.07, 6.45) is 0.853. The summed E-state index contributed by atoms with van der Waals surface area (Å²) in [6.45, 7) is 6.64. The van der Waals surface area contributed by atoms with Crippen LogP contribution in [-0.2, 0) is 22.6 Å². The van der Waals surface area contributed by atoms with Crippen LogP contribution in [0.4, 0.5) is 0 Å². The zero-order valence-electron chi connectivity index (χ0n) is 12.4. The highest BCUT2D eigenvalue weighted by atomic mass is 32.2. The van der Waals surface area contributed by atoms with Crippen LogP contribution in [0.3, 0.4) is 0 Å². The molecule has 0 aliphatic rings. The molecule has 0 saturated carbocycles. The van der Waals surface area contributed by atoms with E-state index >= 15 is 0 Å². The molecule has 2 rings (SSSR count). The minimum absolute atomic E-state index is 0.186. The summed E-state index contributed by atoms with van der Waals surface area (Å²) in [5.41, 5.74) is 2.78. The summed E-state index contributed by atoms with van der Waals surface area (Å²) < 4.78 is 12.2. The molecular weight excluding hydrogens is 264 g/mol. The van der Waals surface area contributed by atoms with E-state index in [1.165, 1.54) is 11.1 Å². The summed E-state index contributed by atoms with van der Waals surface area (Å²) in [4.78, 5) is 0.916. The number of hydrogen-bond acceptors (Lipinski definition) is 1. The second-order valence-corrected chi connectivity index (χ2v) is 7.63. The molecule has 0 radical (unpaired) electrons. The van der Waals surface area contributed by atoms with E-state index in [9.17, 15) is 4.21 Å². The van der Waals surface area contributed by atoms with Crippen LogP contribution in [0, 0.1) is 0 Å². The molecule has 0 saturated heterocycles. The van der Waals surface area contributed by atoms with E-state index in [4.69, 9.17) is 0 Å². The third-order valence-electron chi connectivity index (χ3n) is 3.40. The van der Waals surface area contributed by atoms with Crippen molar-refractivity contribution in [2.24, 2.45) is 0 Å². The Labute approximate surface area is 124 Å². The topological polar surface area (TPSA) is 17.1 Å². The summed E-state index contributed by atoms with van der Waals surface area (Å²) in [6, 6.07) is 18.4. The van der Waals surface area contributed by atoms with E-state index in [0.29, 0.717) is 5.75 Å². The Balaban J connectivity index is 1.96. The lowest BCUT2D eigenvalue weighted by molar-refractivity contribution is 0.590. The average molecular weight is 286 g/mol. The maximum Gasteiger partial charge on any atom is 0.0532 e. The summed E-state index contributed by atoms with van der Waals surface area (Å²) in [5, 5.41) is 0. The molecule has 1 atom stereocenters. The molecule has 2 aromatic carbocycles. The van der Waals surface area contributed by atoms with Crippen LogP contribution in [-0.4, -0.2) is 9.96 Å². The van der Waals surface area contributed by atoms with Gasteiger partial charge in [-0.25, -0.2) is 0 Å². The highest BCUT2D eigenvalue weighted by molar-refractivity contribution is 7.85. The molecule has 2 heteroatoms. The molecule has 1 unspecified atom stereocenters. The monoisotopic (exact) mass is 286 g/mol. The molecular formula is C18H22OS. The number of rotatable bonds is 4. The van der Waals surface area contributed by atoms with Crippen molar-refractivity contribution < 1.29 is 4.21 Å². The number of benzene rings is 2. The molecule has 0 fully saturated rings. The van der Waals surface area contributed by atoms with Gasteiger partial charge in [0.1, 0.15) is 0 Å². The van der Waals surface area contributed by atoms with Crippen LogP contribution in [0.25, 0.3) is 0 Å². The summed E-state index contributed by atoms with van der Waals surface area (Å²) in [7, 11) is -0.906. The Bertz CT molecular complexity index is 565. The van der Waals surface area contributed by atoms with Gasteiger partial charge in [-0.2, -0.15) is 0 Å². The zero-order chi connectivity index (χ0) is 14.6. The van der Waals surface area contributed by atoms with Gasteiger partial charge in [-0.1, -0.05) is 63.2 Å². The minimum atomic E-state index is -0.906. The van der Waals surface area contributed by atoms with Gasteiger partial charge >= 0.3 is 0 Å². The van der Waals surface area contributed by atoms with Crippen LogP contribution >= 0.6 is 0 Å². The van der Waals surface area contributed by atoms with Crippen molar-refractivity contribution >= 4 is 10.8 Å². The second kappa shape index (κ2) is 6.36. The fraction of sp³-hybridized carbons (Fsp3) is 0.333. The van der Waals surface area contributed by atoms with Gasteiger partial charge in [0.15, 0.2) is 0 Å². The molecule has 20 heavy (non-hydrogen) atoms. The molecule has 2 aromatic rings. The van der Waals surface area contributed by atoms with Gasteiger partial charge in [0.2, 0.25) is 0 Å². The molecule has 0 aliphatic carbocycles. The lowest BCUT2D eigenvalue weighted by Gasteiger charge is -2.19. The van der Waals surface area contributed by atoms with Gasteiger partial charge in [0.25, 0.3) is 0 Å². The predicted octanol–water partition coefficient (Wildman–Crippen LogP) is 4.33. The average Bonchev–Trinajstić information content (AvgIpc) is 2.45. The van der Waals surface area contributed by atoms with Crippen LogP contribution in [0.2, 0.25) is 0 Å². The maximum absolute atomic E-state index is 12.2. The molecule has 0 amide bonds. The molecule has 0 aliphatic heterocycles. The highest BCUT2D eigenvalue weighted by Crippen LogP contribution is 2.22. The van der Waals surface area contributed by atoms with Gasteiger partial charge in [0, 0.05) is 10.6 Å². The van der Waals surface area contributed by atoms with Crippen molar-refractivity contribution in [2.45, 2.75) is 37.5 Å². The minimum Gasteiger partial charge on any atom is -0.254 e. The Morgan fingerprint density at radius 1 is 0.900 bits per heavy atom. The van der Waals surface area contributed by atoms with Gasteiger partial charge in [-0.3, -0.25) is 4.21 Å². The van der Waals surface area contributed by atoms with Crippen molar-refractivity contribution in [3.63, 3.8) is 0 Å². The van der Waals surface area contributed by atoms with E-state index in [2.05, 4.69) is 45.0 Å². The van der Waals surface area contributed by atoms with Crippen LogP contribution < -0.4 is 0 Å². The zero-order valence-corrected chi connectivity index (χ0v) is 13.2. The van der Waals surface area contributed by atoms with Crippen molar-refractivity contribution in [2.75, 3.05) is 5.75 Å². The highest BCUT2D eigenvalue weighted by Gasteiger charge is 2.12. The first kappa shape index (κ1) is 15.0. The quantitative estimate of drug-likeness (QED) is 0.817. The van der Waals surface area contributed by atoms with Gasteiger partial charge in [-0.15, -0.1) is 0 Å². The predicted molar refractivity (Wildman–Crippen MR) is 86.6 cm³/mol. The van der Waals surface area contributed by atoms with Crippen LogP contribution in [0.5, 0.6) is 0 Å². The fourth-order valence-electron chi connectivity index (χ4n) is 2.07. The standard InChI is InChI=1S/C18H22OS/c1-18(2,3)16-11-9-15(10-12-16)13-14-20(19)17-7-5-4-6-8-17/h4-12H,13-14H2,1-3H3. The molecule has 106 valence electrons. The van der Waals surface area contributed by atoms with E-state index in [1.54, 1.807) is 0 Å². The fourth-order valence-corrected chi connectivity index (χ4v) is 3.19.